The summed E-state index contributed by atoms with van der Waals surface area (Å²) in [4.78, 5) is 17.4. The fraction of sp³-hybridized carbons (Fsp3) is 0.500. The van der Waals surface area contributed by atoms with Crippen LogP contribution in [0.15, 0.2) is 24.3 Å². The molecular formula is C20H28ClN3O3S2. The molecule has 160 valence electrons. The number of thiazole rings is 1. The molecule has 2 rings (SSSR count). The number of carbonyl (C=O) groups excluding carboxylic acids is 1. The van der Waals surface area contributed by atoms with E-state index in [2.05, 4.69) is 15.0 Å². The van der Waals surface area contributed by atoms with E-state index < -0.39 is 33.5 Å². The third-order valence-corrected chi connectivity index (χ3v) is 6.74. The standard InChI is InChI=1S/C20H28ClN3O3S2/c1-12-16(28-17(22-12)23-18(25)27-19(2,3)4)15(24-29(26)20(5,6)7)13-10-8-9-11-14(13)21/h8-11,15,24H,1-7H3,(H,22,23,25). The Hall–Kier alpha value is -1.48. The summed E-state index contributed by atoms with van der Waals surface area (Å²) in [6, 6.07) is 6.97. The molecule has 0 radical (unpaired) electrons. The van der Waals surface area contributed by atoms with Crippen molar-refractivity contribution in [1.82, 2.24) is 9.71 Å². The van der Waals surface area contributed by atoms with Crippen molar-refractivity contribution in [2.75, 3.05) is 5.32 Å². The van der Waals surface area contributed by atoms with Crippen LogP contribution in [0.3, 0.4) is 0 Å². The van der Waals surface area contributed by atoms with Crippen LogP contribution in [-0.4, -0.2) is 25.6 Å². The Labute approximate surface area is 184 Å². The molecule has 1 aromatic heterocycles. The Balaban J connectivity index is 2.39. The van der Waals surface area contributed by atoms with E-state index in [1.54, 1.807) is 26.8 Å². The Kier molecular flexibility index (Phi) is 7.48. The number of carbonyl (C=O) groups is 1. The molecule has 0 bridgehead atoms. The average molecular weight is 458 g/mol. The van der Waals surface area contributed by atoms with E-state index in [-0.39, 0.29) is 0 Å². The summed E-state index contributed by atoms with van der Waals surface area (Å²) < 4.78 is 20.9. The molecule has 0 fully saturated rings. The molecular weight excluding hydrogens is 430 g/mol. The lowest BCUT2D eigenvalue weighted by molar-refractivity contribution is 0.0636. The number of nitrogens with one attached hydrogen (secondary N) is 2. The third-order valence-electron chi connectivity index (χ3n) is 3.70. The smallest absolute Gasteiger partial charge is 0.413 e. The lowest BCUT2D eigenvalue weighted by Crippen LogP contribution is -2.36. The fourth-order valence-electron chi connectivity index (χ4n) is 2.37. The summed E-state index contributed by atoms with van der Waals surface area (Å²) in [5.74, 6) is 0. The minimum atomic E-state index is -1.34. The lowest BCUT2D eigenvalue weighted by atomic mass is 10.1. The van der Waals surface area contributed by atoms with Gasteiger partial charge < -0.3 is 4.74 Å². The van der Waals surface area contributed by atoms with Crippen molar-refractivity contribution in [3.8, 4) is 0 Å². The zero-order chi connectivity index (χ0) is 22.0. The summed E-state index contributed by atoms with van der Waals surface area (Å²) in [6.45, 7) is 12.9. The van der Waals surface area contributed by atoms with Crippen LogP contribution in [0, 0.1) is 6.92 Å². The van der Waals surface area contributed by atoms with Crippen LogP contribution in [0.5, 0.6) is 0 Å². The predicted octanol–water partition coefficient (Wildman–Crippen LogP) is 5.59. The van der Waals surface area contributed by atoms with E-state index in [0.717, 1.165) is 10.4 Å². The molecule has 2 N–H and O–H groups in total. The zero-order valence-electron chi connectivity index (χ0n) is 17.8. The first kappa shape index (κ1) is 23.8. The first-order valence-electron chi connectivity index (χ1n) is 9.18. The average Bonchev–Trinajstić information content (AvgIpc) is 2.90. The van der Waals surface area contributed by atoms with Crippen molar-refractivity contribution >= 4 is 45.1 Å². The molecule has 2 unspecified atom stereocenters. The third kappa shape index (κ3) is 6.77. The molecule has 1 aromatic carbocycles. The summed E-state index contributed by atoms with van der Waals surface area (Å²) in [7, 11) is -1.34. The molecule has 2 atom stereocenters. The highest BCUT2D eigenvalue weighted by molar-refractivity contribution is 7.84. The summed E-state index contributed by atoms with van der Waals surface area (Å²) >= 11 is 7.74. The minimum Gasteiger partial charge on any atom is -0.444 e. The molecule has 29 heavy (non-hydrogen) atoms. The van der Waals surface area contributed by atoms with Gasteiger partial charge in [0.1, 0.15) is 5.60 Å². The van der Waals surface area contributed by atoms with Crippen LogP contribution in [0.2, 0.25) is 5.02 Å². The molecule has 2 aromatic rings. The number of benzene rings is 1. The van der Waals surface area contributed by atoms with Crippen molar-refractivity contribution in [3.63, 3.8) is 0 Å². The zero-order valence-corrected chi connectivity index (χ0v) is 20.1. The van der Waals surface area contributed by atoms with Gasteiger partial charge in [-0.1, -0.05) is 41.1 Å². The fourth-order valence-corrected chi connectivity index (χ4v) is 4.53. The highest BCUT2D eigenvalue weighted by atomic mass is 35.5. The number of halogens is 1. The molecule has 0 saturated heterocycles. The molecule has 0 saturated carbocycles. The van der Waals surface area contributed by atoms with Crippen molar-refractivity contribution in [2.45, 2.75) is 64.9 Å². The van der Waals surface area contributed by atoms with Gasteiger partial charge in [0.25, 0.3) is 0 Å². The molecule has 9 heteroatoms. The minimum absolute atomic E-state index is 0.409. The SMILES string of the molecule is Cc1nc(NC(=O)OC(C)(C)C)sc1C(NS(=O)C(C)(C)C)c1ccccc1Cl. The number of hydrogen-bond donors (Lipinski definition) is 2. The number of hydrogen-bond acceptors (Lipinski definition) is 5. The maximum Gasteiger partial charge on any atom is 0.413 e. The molecule has 1 heterocycles. The first-order valence-corrected chi connectivity index (χ1v) is 11.5. The second kappa shape index (κ2) is 9.12. The van der Waals surface area contributed by atoms with Gasteiger partial charge in [0, 0.05) is 5.02 Å². The van der Waals surface area contributed by atoms with Gasteiger partial charge in [-0.15, -0.1) is 0 Å². The van der Waals surface area contributed by atoms with E-state index in [1.165, 1.54) is 11.3 Å². The normalized spacial score (nSPS) is 14.3. The number of aromatic nitrogens is 1. The highest BCUT2D eigenvalue weighted by Crippen LogP contribution is 2.36. The van der Waals surface area contributed by atoms with E-state index in [9.17, 15) is 9.00 Å². The van der Waals surface area contributed by atoms with Gasteiger partial charge in [0.15, 0.2) is 5.13 Å². The van der Waals surface area contributed by atoms with Crippen LogP contribution in [-0.2, 0) is 15.7 Å². The Morgan fingerprint density at radius 1 is 1.21 bits per heavy atom. The van der Waals surface area contributed by atoms with Gasteiger partial charge in [-0.05, 0) is 60.1 Å². The monoisotopic (exact) mass is 457 g/mol. The molecule has 0 aliphatic rings. The number of aryl methyl sites for hydroxylation is 1. The van der Waals surface area contributed by atoms with Crippen LogP contribution < -0.4 is 10.0 Å². The first-order chi connectivity index (χ1) is 13.3. The van der Waals surface area contributed by atoms with Crippen LogP contribution in [0.1, 0.15) is 63.7 Å². The maximum atomic E-state index is 12.8. The van der Waals surface area contributed by atoms with Crippen molar-refractivity contribution in [2.24, 2.45) is 0 Å². The number of nitrogens with zero attached hydrogens (tertiary/aromatic N) is 1. The number of rotatable bonds is 5. The molecule has 1 amide bonds. The second-order valence-electron chi connectivity index (χ2n) is 8.55. The number of amides is 1. The van der Waals surface area contributed by atoms with Crippen molar-refractivity contribution < 1.29 is 13.7 Å². The summed E-state index contributed by atoms with van der Waals surface area (Å²) in [5, 5.41) is 3.64. The van der Waals surface area contributed by atoms with E-state index in [4.69, 9.17) is 16.3 Å². The second-order valence-corrected chi connectivity index (χ2v) is 12.0. The van der Waals surface area contributed by atoms with Gasteiger partial charge in [-0.3, -0.25) is 5.32 Å². The van der Waals surface area contributed by atoms with Gasteiger partial charge in [-0.2, -0.15) is 0 Å². The number of anilines is 1. The van der Waals surface area contributed by atoms with Crippen LogP contribution >= 0.6 is 22.9 Å². The van der Waals surface area contributed by atoms with Crippen LogP contribution in [0.4, 0.5) is 9.93 Å². The molecule has 0 aliphatic carbocycles. The van der Waals surface area contributed by atoms with Gasteiger partial charge in [-0.25, -0.2) is 18.7 Å². The molecule has 0 aliphatic heterocycles. The van der Waals surface area contributed by atoms with E-state index in [0.29, 0.717) is 15.8 Å². The van der Waals surface area contributed by atoms with Crippen molar-refractivity contribution in [1.29, 1.82) is 0 Å². The molecule has 0 spiro atoms. The summed E-state index contributed by atoms with van der Waals surface area (Å²) in [6.07, 6.45) is -0.571. The van der Waals surface area contributed by atoms with Gasteiger partial charge in [0.2, 0.25) is 0 Å². The topological polar surface area (TPSA) is 80.3 Å². The lowest BCUT2D eigenvalue weighted by Gasteiger charge is -2.25. The number of ether oxygens (including phenoxy) is 1. The van der Waals surface area contributed by atoms with Crippen molar-refractivity contribution in [3.05, 3.63) is 45.4 Å². The van der Waals surface area contributed by atoms with E-state index >= 15 is 0 Å². The Morgan fingerprint density at radius 3 is 2.38 bits per heavy atom. The Morgan fingerprint density at radius 2 is 1.83 bits per heavy atom. The summed E-state index contributed by atoms with van der Waals surface area (Å²) in [5.41, 5.74) is 0.900. The van der Waals surface area contributed by atoms with E-state index in [1.807, 2.05) is 45.9 Å². The molecule has 6 nitrogen and oxygen atoms in total. The van der Waals surface area contributed by atoms with Crippen LogP contribution in [0.25, 0.3) is 0 Å². The maximum absolute atomic E-state index is 12.8. The largest absolute Gasteiger partial charge is 0.444 e. The van der Waals surface area contributed by atoms with Gasteiger partial charge in [0.05, 0.1) is 32.3 Å². The predicted molar refractivity (Wildman–Crippen MR) is 121 cm³/mol. The highest BCUT2D eigenvalue weighted by Gasteiger charge is 2.29. The quantitative estimate of drug-likeness (QED) is 0.612. The Bertz CT molecular complexity index is 901. The van der Waals surface area contributed by atoms with Gasteiger partial charge >= 0.3 is 6.09 Å².